The minimum absolute atomic E-state index is 0.201. The fraction of sp³-hybridized carbons (Fsp3) is 0.286. The van der Waals surface area contributed by atoms with Gasteiger partial charge in [0.2, 0.25) is 5.91 Å². The van der Waals surface area contributed by atoms with E-state index in [2.05, 4.69) is 15.5 Å². The SMILES string of the molecule is Cc1ccc2[nH]nc(C(=O)NCc3ccccc3CN3CCCC3=O)c2c1. The third kappa shape index (κ3) is 3.56. The number of nitrogens with zero attached hydrogens (tertiary/aromatic N) is 2. The molecule has 0 spiro atoms. The zero-order chi connectivity index (χ0) is 18.8. The van der Waals surface area contributed by atoms with Crippen LogP contribution >= 0.6 is 0 Å². The van der Waals surface area contributed by atoms with E-state index in [1.165, 1.54) is 0 Å². The highest BCUT2D eigenvalue weighted by Gasteiger charge is 2.21. The molecule has 4 rings (SSSR count). The van der Waals surface area contributed by atoms with Crippen LogP contribution < -0.4 is 5.32 Å². The maximum Gasteiger partial charge on any atom is 0.272 e. The van der Waals surface area contributed by atoms with Crippen molar-refractivity contribution >= 4 is 22.7 Å². The fourth-order valence-corrected chi connectivity index (χ4v) is 3.52. The quantitative estimate of drug-likeness (QED) is 0.732. The Kier molecular flexibility index (Phi) is 4.62. The van der Waals surface area contributed by atoms with E-state index in [4.69, 9.17) is 0 Å². The monoisotopic (exact) mass is 362 g/mol. The molecule has 1 saturated heterocycles. The zero-order valence-corrected chi connectivity index (χ0v) is 15.3. The highest BCUT2D eigenvalue weighted by molar-refractivity contribution is 6.04. The van der Waals surface area contributed by atoms with Gasteiger partial charge < -0.3 is 10.2 Å². The molecule has 27 heavy (non-hydrogen) atoms. The summed E-state index contributed by atoms with van der Waals surface area (Å²) in [6, 6.07) is 13.8. The van der Waals surface area contributed by atoms with Gasteiger partial charge in [-0.15, -0.1) is 0 Å². The number of carbonyl (C=O) groups excluding carboxylic acids is 2. The molecule has 1 fully saturated rings. The lowest BCUT2D eigenvalue weighted by Crippen LogP contribution is -2.27. The number of fused-ring (bicyclic) bond motifs is 1. The lowest BCUT2D eigenvalue weighted by Gasteiger charge is -2.18. The molecule has 0 radical (unpaired) electrons. The van der Waals surface area contributed by atoms with Gasteiger partial charge in [-0.25, -0.2) is 0 Å². The van der Waals surface area contributed by atoms with Crippen molar-refractivity contribution in [1.29, 1.82) is 0 Å². The van der Waals surface area contributed by atoms with Crippen molar-refractivity contribution in [3.63, 3.8) is 0 Å². The van der Waals surface area contributed by atoms with Crippen LogP contribution in [0.3, 0.4) is 0 Å². The molecule has 0 bridgehead atoms. The van der Waals surface area contributed by atoms with E-state index in [1.54, 1.807) is 0 Å². The number of hydrogen-bond acceptors (Lipinski definition) is 3. The number of rotatable bonds is 5. The summed E-state index contributed by atoms with van der Waals surface area (Å²) in [5.74, 6) is -0.00824. The maximum atomic E-state index is 12.7. The van der Waals surface area contributed by atoms with Crippen LogP contribution in [-0.2, 0) is 17.9 Å². The molecule has 2 aromatic carbocycles. The van der Waals surface area contributed by atoms with Gasteiger partial charge in [0.25, 0.3) is 5.91 Å². The zero-order valence-electron chi connectivity index (χ0n) is 15.3. The first-order valence-electron chi connectivity index (χ1n) is 9.19. The molecule has 3 aromatic rings. The fourth-order valence-electron chi connectivity index (χ4n) is 3.52. The van der Waals surface area contributed by atoms with Crippen LogP contribution in [0.25, 0.3) is 10.9 Å². The van der Waals surface area contributed by atoms with Crippen molar-refractivity contribution in [1.82, 2.24) is 20.4 Å². The van der Waals surface area contributed by atoms with Gasteiger partial charge >= 0.3 is 0 Å². The first-order chi connectivity index (χ1) is 13.1. The van der Waals surface area contributed by atoms with Crippen LogP contribution in [0.4, 0.5) is 0 Å². The Morgan fingerprint density at radius 2 is 2.04 bits per heavy atom. The molecule has 1 aliphatic rings. The Hall–Kier alpha value is -3.15. The van der Waals surface area contributed by atoms with Gasteiger partial charge in [0.05, 0.1) is 5.52 Å². The molecule has 6 nitrogen and oxygen atoms in total. The summed E-state index contributed by atoms with van der Waals surface area (Å²) in [7, 11) is 0. The largest absolute Gasteiger partial charge is 0.347 e. The van der Waals surface area contributed by atoms with Gasteiger partial charge in [-0.2, -0.15) is 5.10 Å². The second-order valence-corrected chi connectivity index (χ2v) is 6.99. The third-order valence-corrected chi connectivity index (χ3v) is 5.02. The molecular formula is C21H22N4O2. The molecule has 2 amide bonds. The summed E-state index contributed by atoms with van der Waals surface area (Å²) in [4.78, 5) is 26.4. The number of amides is 2. The number of aryl methyl sites for hydroxylation is 1. The minimum Gasteiger partial charge on any atom is -0.347 e. The number of hydrogen-bond donors (Lipinski definition) is 2. The topological polar surface area (TPSA) is 78.1 Å². The molecule has 0 atom stereocenters. The first-order valence-corrected chi connectivity index (χ1v) is 9.19. The lowest BCUT2D eigenvalue weighted by molar-refractivity contribution is -0.128. The predicted molar refractivity (Wildman–Crippen MR) is 103 cm³/mol. The van der Waals surface area contributed by atoms with Gasteiger partial charge in [-0.3, -0.25) is 14.7 Å². The number of aromatic amines is 1. The third-order valence-electron chi connectivity index (χ3n) is 5.02. The lowest BCUT2D eigenvalue weighted by atomic mass is 10.1. The van der Waals surface area contributed by atoms with Crippen molar-refractivity contribution in [2.75, 3.05) is 6.54 Å². The Bertz CT molecular complexity index is 1010. The van der Waals surface area contributed by atoms with Crippen molar-refractivity contribution in [2.24, 2.45) is 0 Å². The first kappa shape index (κ1) is 17.3. The molecule has 138 valence electrons. The van der Waals surface area contributed by atoms with Crippen molar-refractivity contribution in [3.8, 4) is 0 Å². The Morgan fingerprint density at radius 3 is 2.81 bits per heavy atom. The summed E-state index contributed by atoms with van der Waals surface area (Å²) in [6.07, 6.45) is 1.55. The van der Waals surface area contributed by atoms with Crippen LogP contribution in [0.2, 0.25) is 0 Å². The van der Waals surface area contributed by atoms with Crippen LogP contribution in [0.5, 0.6) is 0 Å². The number of likely N-dealkylation sites (tertiary alicyclic amines) is 1. The van der Waals surface area contributed by atoms with Gasteiger partial charge in [-0.1, -0.05) is 35.9 Å². The van der Waals surface area contributed by atoms with Crippen molar-refractivity contribution < 1.29 is 9.59 Å². The molecule has 0 aliphatic carbocycles. The number of nitrogens with one attached hydrogen (secondary N) is 2. The van der Waals surface area contributed by atoms with E-state index in [9.17, 15) is 9.59 Å². The predicted octanol–water partition coefficient (Wildman–Crippen LogP) is 2.92. The summed E-state index contributed by atoms with van der Waals surface area (Å²) in [5.41, 5.74) is 4.41. The number of benzene rings is 2. The van der Waals surface area contributed by atoms with Crippen LogP contribution in [0.1, 0.15) is 40.0 Å². The Morgan fingerprint density at radius 1 is 1.22 bits per heavy atom. The summed E-state index contributed by atoms with van der Waals surface area (Å²) < 4.78 is 0. The van der Waals surface area contributed by atoms with E-state index in [1.807, 2.05) is 54.3 Å². The molecule has 2 heterocycles. The maximum absolute atomic E-state index is 12.7. The average molecular weight is 362 g/mol. The van der Waals surface area contributed by atoms with E-state index < -0.39 is 0 Å². The number of carbonyl (C=O) groups is 2. The highest BCUT2D eigenvalue weighted by Crippen LogP contribution is 2.19. The van der Waals surface area contributed by atoms with Gasteiger partial charge in [0.15, 0.2) is 5.69 Å². The number of H-pyrrole nitrogens is 1. The molecule has 6 heteroatoms. The standard InChI is InChI=1S/C21H22N4O2/c1-14-8-9-18-17(11-14)20(24-23-18)21(27)22-12-15-5-2-3-6-16(15)13-25-10-4-7-19(25)26/h2-3,5-6,8-9,11H,4,7,10,12-13H2,1H3,(H,22,27)(H,23,24). The van der Waals surface area contributed by atoms with Crippen molar-refractivity contribution in [3.05, 3.63) is 64.8 Å². The van der Waals surface area contributed by atoms with Gasteiger partial charge in [0, 0.05) is 31.4 Å². The summed E-state index contributed by atoms with van der Waals surface area (Å²) in [6.45, 7) is 3.79. The van der Waals surface area contributed by atoms with E-state index >= 15 is 0 Å². The van der Waals surface area contributed by atoms with Gasteiger partial charge in [-0.05, 0) is 36.6 Å². The average Bonchev–Trinajstić information content (AvgIpc) is 3.27. The van der Waals surface area contributed by atoms with Crippen LogP contribution in [-0.4, -0.2) is 33.5 Å². The van der Waals surface area contributed by atoms with Gasteiger partial charge in [0.1, 0.15) is 0 Å². The Labute approximate surface area is 157 Å². The molecular weight excluding hydrogens is 340 g/mol. The van der Waals surface area contributed by atoms with Crippen LogP contribution in [0.15, 0.2) is 42.5 Å². The number of aromatic nitrogens is 2. The normalized spacial score (nSPS) is 14.1. The molecule has 0 unspecified atom stereocenters. The van der Waals surface area contributed by atoms with E-state index in [-0.39, 0.29) is 11.8 Å². The minimum atomic E-state index is -0.209. The van der Waals surface area contributed by atoms with Crippen molar-refractivity contribution in [2.45, 2.75) is 32.9 Å². The Balaban J connectivity index is 1.49. The van der Waals surface area contributed by atoms with E-state index in [0.29, 0.717) is 25.2 Å². The van der Waals surface area contributed by atoms with Crippen LogP contribution in [0, 0.1) is 6.92 Å². The smallest absolute Gasteiger partial charge is 0.272 e. The molecule has 1 aromatic heterocycles. The van der Waals surface area contributed by atoms with E-state index in [0.717, 1.165) is 40.6 Å². The summed E-state index contributed by atoms with van der Waals surface area (Å²) in [5, 5.41) is 10.9. The molecule has 1 aliphatic heterocycles. The summed E-state index contributed by atoms with van der Waals surface area (Å²) >= 11 is 0. The second kappa shape index (κ2) is 7.23. The highest BCUT2D eigenvalue weighted by atomic mass is 16.2. The molecule has 2 N–H and O–H groups in total. The second-order valence-electron chi connectivity index (χ2n) is 6.99. The molecule has 0 saturated carbocycles.